The number of nitrogens with zero attached hydrogens (tertiary/aromatic N) is 1. The van der Waals surface area contributed by atoms with E-state index in [2.05, 4.69) is 47.5 Å². The molecule has 0 unspecified atom stereocenters. The molecule has 1 aromatic rings. The summed E-state index contributed by atoms with van der Waals surface area (Å²) in [6, 6.07) is 11.4. The Morgan fingerprint density at radius 2 is 1.87 bits per heavy atom. The first-order valence-corrected chi connectivity index (χ1v) is 9.25. The van der Waals surface area contributed by atoms with Crippen LogP contribution in [0.1, 0.15) is 44.6 Å². The first-order valence-electron chi connectivity index (χ1n) is 9.25. The van der Waals surface area contributed by atoms with Gasteiger partial charge in [0.1, 0.15) is 0 Å². The highest BCUT2D eigenvalue weighted by molar-refractivity contribution is 5.81. The Morgan fingerprint density at radius 1 is 1.22 bits per heavy atom. The smallest absolute Gasteiger partial charge is 0.223 e. The fourth-order valence-corrected chi connectivity index (χ4v) is 4.14. The van der Waals surface area contributed by atoms with Crippen LogP contribution in [0.15, 0.2) is 30.3 Å². The maximum atomic E-state index is 12.1. The van der Waals surface area contributed by atoms with Gasteiger partial charge in [-0.05, 0) is 43.6 Å². The average molecular weight is 312 g/mol. The van der Waals surface area contributed by atoms with E-state index < -0.39 is 0 Å². The molecule has 1 aliphatic heterocycles. The lowest BCUT2D eigenvalue weighted by Crippen LogP contribution is -2.47. The van der Waals surface area contributed by atoms with Crippen LogP contribution in [0.5, 0.6) is 0 Å². The topological polar surface area (TPSA) is 32.3 Å². The van der Waals surface area contributed by atoms with Crippen molar-refractivity contribution in [3.05, 3.63) is 35.9 Å². The minimum atomic E-state index is 0.305. The number of carbonyl (C=O) groups is 1. The van der Waals surface area contributed by atoms with Crippen molar-refractivity contribution in [2.45, 2.75) is 50.5 Å². The van der Waals surface area contributed by atoms with Gasteiger partial charge in [0.2, 0.25) is 5.91 Å². The zero-order valence-corrected chi connectivity index (χ0v) is 14.1. The Kier molecular flexibility index (Phi) is 3.92. The van der Waals surface area contributed by atoms with Crippen molar-refractivity contribution in [1.29, 1.82) is 0 Å². The number of nitrogens with one attached hydrogen (secondary N) is 1. The third kappa shape index (κ3) is 3.30. The summed E-state index contributed by atoms with van der Waals surface area (Å²) in [5, 5.41) is 3.28. The van der Waals surface area contributed by atoms with E-state index >= 15 is 0 Å². The summed E-state index contributed by atoms with van der Waals surface area (Å²) >= 11 is 0. The number of rotatable bonds is 5. The molecule has 0 bridgehead atoms. The minimum Gasteiger partial charge on any atom is -0.353 e. The van der Waals surface area contributed by atoms with Gasteiger partial charge in [-0.2, -0.15) is 0 Å². The predicted molar refractivity (Wildman–Crippen MR) is 92.2 cm³/mol. The van der Waals surface area contributed by atoms with Crippen LogP contribution in [-0.4, -0.2) is 36.5 Å². The van der Waals surface area contributed by atoms with Crippen LogP contribution < -0.4 is 5.32 Å². The quantitative estimate of drug-likeness (QED) is 0.906. The third-order valence-corrected chi connectivity index (χ3v) is 6.15. The summed E-state index contributed by atoms with van der Waals surface area (Å²) in [7, 11) is 0. The number of hydrogen-bond donors (Lipinski definition) is 1. The second kappa shape index (κ2) is 5.94. The Balaban J connectivity index is 1.26. The molecule has 0 radical (unpaired) electrons. The van der Waals surface area contributed by atoms with Crippen LogP contribution >= 0.6 is 0 Å². The lowest BCUT2D eigenvalue weighted by Gasteiger charge is -2.35. The molecule has 3 nitrogen and oxygen atoms in total. The normalized spacial score (nSPS) is 30.0. The minimum absolute atomic E-state index is 0.305. The van der Waals surface area contributed by atoms with Crippen LogP contribution in [-0.2, 0) is 10.2 Å². The molecule has 0 spiro atoms. The van der Waals surface area contributed by atoms with E-state index in [1.165, 1.54) is 24.9 Å². The Morgan fingerprint density at radius 3 is 2.43 bits per heavy atom. The van der Waals surface area contributed by atoms with Gasteiger partial charge in [-0.3, -0.25) is 4.79 Å². The molecule has 1 amide bonds. The van der Waals surface area contributed by atoms with E-state index in [0.717, 1.165) is 32.4 Å². The third-order valence-electron chi connectivity index (χ3n) is 6.15. The summed E-state index contributed by atoms with van der Waals surface area (Å²) in [4.78, 5) is 14.7. The lowest BCUT2D eigenvalue weighted by molar-refractivity contribution is -0.123. The van der Waals surface area contributed by atoms with Crippen molar-refractivity contribution in [2.75, 3.05) is 19.6 Å². The predicted octanol–water partition coefficient (Wildman–Crippen LogP) is 2.95. The molecule has 4 rings (SSSR count). The number of likely N-dealkylation sites (tertiary alicyclic amines) is 1. The highest BCUT2D eigenvalue weighted by Crippen LogP contribution is 2.48. The maximum Gasteiger partial charge on any atom is 0.223 e. The molecule has 1 N–H and O–H groups in total. The second-order valence-electron chi connectivity index (χ2n) is 8.02. The highest BCUT2D eigenvalue weighted by atomic mass is 16.2. The highest BCUT2D eigenvalue weighted by Gasteiger charge is 2.45. The molecule has 1 saturated heterocycles. The number of carbonyl (C=O) groups excluding carboxylic acids is 1. The Bertz CT molecular complexity index is 558. The molecule has 1 aromatic carbocycles. The monoisotopic (exact) mass is 312 g/mol. The van der Waals surface area contributed by atoms with Gasteiger partial charge in [0.15, 0.2) is 0 Å². The van der Waals surface area contributed by atoms with E-state index in [0.29, 0.717) is 29.2 Å². The molecule has 124 valence electrons. The fourth-order valence-electron chi connectivity index (χ4n) is 4.14. The Hall–Kier alpha value is -1.35. The van der Waals surface area contributed by atoms with Crippen molar-refractivity contribution < 1.29 is 4.79 Å². The van der Waals surface area contributed by atoms with Gasteiger partial charge in [0, 0.05) is 37.0 Å². The summed E-state index contributed by atoms with van der Waals surface area (Å²) in [6.07, 6.45) is 5.96. The molecule has 3 fully saturated rings. The number of amides is 1. The standard InChI is InChI=1S/C20H28N2O/c1-15-13-18(15)19(23)21-17-7-11-22(12-8-17)14-20(9-10-20)16-5-3-2-4-6-16/h2-6,15,17-18H,7-14H2,1H3,(H,21,23)/t15-,18+/m1/s1. The summed E-state index contributed by atoms with van der Waals surface area (Å²) < 4.78 is 0. The number of hydrogen-bond acceptors (Lipinski definition) is 2. The summed E-state index contributed by atoms with van der Waals surface area (Å²) in [5.74, 6) is 1.22. The molecular weight excluding hydrogens is 284 g/mol. The molecule has 23 heavy (non-hydrogen) atoms. The van der Waals surface area contributed by atoms with Crippen molar-refractivity contribution in [1.82, 2.24) is 10.2 Å². The van der Waals surface area contributed by atoms with Gasteiger partial charge in [-0.1, -0.05) is 37.3 Å². The van der Waals surface area contributed by atoms with Crippen molar-refractivity contribution in [2.24, 2.45) is 11.8 Å². The molecular formula is C20H28N2O. The van der Waals surface area contributed by atoms with Gasteiger partial charge >= 0.3 is 0 Å². The summed E-state index contributed by atoms with van der Waals surface area (Å²) in [5.41, 5.74) is 1.93. The van der Waals surface area contributed by atoms with Gasteiger partial charge in [-0.25, -0.2) is 0 Å². The zero-order valence-electron chi connectivity index (χ0n) is 14.1. The van der Waals surface area contributed by atoms with Crippen LogP contribution in [0.25, 0.3) is 0 Å². The van der Waals surface area contributed by atoms with Crippen LogP contribution in [0.3, 0.4) is 0 Å². The largest absolute Gasteiger partial charge is 0.353 e. The SMILES string of the molecule is C[C@@H]1C[C@@H]1C(=O)NC1CCN(CC2(c3ccccc3)CC2)CC1. The van der Waals surface area contributed by atoms with Crippen LogP contribution in [0.2, 0.25) is 0 Å². The van der Waals surface area contributed by atoms with E-state index in [4.69, 9.17) is 0 Å². The average Bonchev–Trinajstić information content (AvgIpc) is 3.48. The van der Waals surface area contributed by atoms with Gasteiger partial charge in [-0.15, -0.1) is 0 Å². The molecule has 1 heterocycles. The number of piperidine rings is 1. The first kappa shape index (κ1) is 15.2. The zero-order chi connectivity index (χ0) is 15.9. The molecule has 0 aromatic heterocycles. The fraction of sp³-hybridized carbons (Fsp3) is 0.650. The van der Waals surface area contributed by atoms with Crippen molar-refractivity contribution >= 4 is 5.91 Å². The van der Waals surface area contributed by atoms with E-state index in [1.54, 1.807) is 0 Å². The first-order chi connectivity index (χ1) is 11.2. The lowest BCUT2D eigenvalue weighted by atomic mass is 9.94. The number of benzene rings is 1. The molecule has 2 atom stereocenters. The molecule has 3 aliphatic rings. The van der Waals surface area contributed by atoms with E-state index in [9.17, 15) is 4.79 Å². The van der Waals surface area contributed by atoms with E-state index in [-0.39, 0.29) is 0 Å². The molecule has 3 heteroatoms. The Labute approximate surface area is 139 Å². The summed E-state index contributed by atoms with van der Waals surface area (Å²) in [6.45, 7) is 5.61. The van der Waals surface area contributed by atoms with Crippen molar-refractivity contribution in [3.63, 3.8) is 0 Å². The van der Waals surface area contributed by atoms with Gasteiger partial charge in [0.05, 0.1) is 0 Å². The van der Waals surface area contributed by atoms with Gasteiger partial charge in [0.25, 0.3) is 0 Å². The molecule has 2 aliphatic carbocycles. The van der Waals surface area contributed by atoms with Crippen LogP contribution in [0, 0.1) is 11.8 Å². The maximum absolute atomic E-state index is 12.1. The van der Waals surface area contributed by atoms with Crippen LogP contribution in [0.4, 0.5) is 0 Å². The van der Waals surface area contributed by atoms with E-state index in [1.807, 2.05) is 0 Å². The van der Waals surface area contributed by atoms with Crippen molar-refractivity contribution in [3.8, 4) is 0 Å². The molecule has 2 saturated carbocycles. The second-order valence-corrected chi connectivity index (χ2v) is 8.02. The van der Waals surface area contributed by atoms with Gasteiger partial charge < -0.3 is 10.2 Å².